The van der Waals surface area contributed by atoms with E-state index in [1.807, 2.05) is 66.7 Å². The molecule has 0 radical (unpaired) electrons. The van der Waals surface area contributed by atoms with Crippen molar-refractivity contribution in [2.45, 2.75) is 0 Å². The van der Waals surface area contributed by atoms with Crippen LogP contribution in [0.15, 0.2) is 191 Å². The van der Waals surface area contributed by atoms with Crippen molar-refractivity contribution in [1.82, 2.24) is 19.5 Å². The Morgan fingerprint density at radius 1 is 0.333 bits per heavy atom. The van der Waals surface area contributed by atoms with Crippen LogP contribution in [0.3, 0.4) is 0 Å². The van der Waals surface area contributed by atoms with Crippen LogP contribution in [0.1, 0.15) is 0 Å². The number of fused-ring (bicyclic) bond motifs is 9. The molecule has 0 aliphatic heterocycles. The van der Waals surface area contributed by atoms with Gasteiger partial charge in [-0.3, -0.25) is 0 Å². The smallest absolute Gasteiger partial charge is 0.164 e. The lowest BCUT2D eigenvalue weighted by Gasteiger charge is -2.09. The van der Waals surface area contributed by atoms with Crippen molar-refractivity contribution in [3.8, 4) is 51.0 Å². The summed E-state index contributed by atoms with van der Waals surface area (Å²) in [4.78, 5) is 15.3. The van der Waals surface area contributed by atoms with Gasteiger partial charge in [-0.05, 0) is 77.9 Å². The molecule has 6 nitrogen and oxygen atoms in total. The van der Waals surface area contributed by atoms with Gasteiger partial charge in [0, 0.05) is 54.7 Å². The Morgan fingerprint density at radius 3 is 1.79 bits per heavy atom. The molecule has 266 valence electrons. The second kappa shape index (κ2) is 12.3. The quantitative estimate of drug-likeness (QED) is 0.176. The Hall–Kier alpha value is -7.83. The molecule has 0 amide bonds. The summed E-state index contributed by atoms with van der Waals surface area (Å²) in [6, 6.07) is 62.8. The number of hydrogen-bond donors (Lipinski definition) is 0. The second-order valence-electron chi connectivity index (χ2n) is 14.4. The Labute approximate surface area is 325 Å². The van der Waals surface area contributed by atoms with Crippen molar-refractivity contribution in [3.05, 3.63) is 182 Å². The molecule has 0 unspecified atom stereocenters. The third kappa shape index (κ3) is 5.01. The molecule has 0 saturated carbocycles. The molecular weight excluding hydrogens is 701 g/mol. The summed E-state index contributed by atoms with van der Waals surface area (Å²) in [6.45, 7) is 0. The van der Waals surface area contributed by atoms with Crippen molar-refractivity contribution in [2.24, 2.45) is 0 Å². The van der Waals surface area contributed by atoms with E-state index in [9.17, 15) is 0 Å². The molecule has 6 heteroatoms. The Balaban J connectivity index is 1.03. The lowest BCUT2D eigenvalue weighted by Crippen LogP contribution is -2.00. The summed E-state index contributed by atoms with van der Waals surface area (Å²) in [6.07, 6.45) is 0. The fourth-order valence-electron chi connectivity index (χ4n) is 8.41. The van der Waals surface area contributed by atoms with Crippen molar-refractivity contribution in [3.63, 3.8) is 0 Å². The molecule has 8 aromatic carbocycles. The normalized spacial score (nSPS) is 11.9. The lowest BCUT2D eigenvalue weighted by molar-refractivity contribution is 0.668. The highest BCUT2D eigenvalue weighted by molar-refractivity contribution is 6.14. The van der Waals surface area contributed by atoms with Crippen LogP contribution < -0.4 is 0 Å². The van der Waals surface area contributed by atoms with Crippen molar-refractivity contribution in [2.75, 3.05) is 0 Å². The summed E-state index contributed by atoms with van der Waals surface area (Å²) in [5.41, 5.74) is 11.5. The van der Waals surface area contributed by atoms with Gasteiger partial charge in [0.2, 0.25) is 0 Å². The van der Waals surface area contributed by atoms with E-state index in [4.69, 9.17) is 23.8 Å². The van der Waals surface area contributed by atoms with Gasteiger partial charge >= 0.3 is 0 Å². The highest BCUT2D eigenvalue weighted by Gasteiger charge is 2.20. The van der Waals surface area contributed by atoms with Crippen molar-refractivity contribution >= 4 is 65.7 Å². The van der Waals surface area contributed by atoms with Gasteiger partial charge in [0.1, 0.15) is 22.3 Å². The highest BCUT2D eigenvalue weighted by atomic mass is 16.3. The standard InChI is InChI=1S/C51H30N4O2/c1-3-12-31(13-4-1)49-52-50(34-22-25-38-37-17-8-10-20-44(37)57-47(38)30-34)54-51(53-49)39-18-11-21-46-48(39)41-29-33(24-27-45(41)56-46)32-23-26-43-40(28-32)36-16-7-9-19-42(36)55(43)35-14-5-2-6-15-35/h1-30H. The molecule has 57 heavy (non-hydrogen) atoms. The van der Waals surface area contributed by atoms with Gasteiger partial charge in [-0.15, -0.1) is 0 Å². The fraction of sp³-hybridized carbons (Fsp3) is 0. The van der Waals surface area contributed by atoms with Crippen LogP contribution in [-0.2, 0) is 0 Å². The average Bonchev–Trinajstić information content (AvgIpc) is 3.95. The summed E-state index contributed by atoms with van der Waals surface area (Å²) in [5.74, 6) is 1.72. The maximum Gasteiger partial charge on any atom is 0.164 e. The van der Waals surface area contributed by atoms with Gasteiger partial charge in [-0.25, -0.2) is 15.0 Å². The van der Waals surface area contributed by atoms with E-state index in [0.29, 0.717) is 17.5 Å². The Morgan fingerprint density at radius 2 is 0.930 bits per heavy atom. The number of rotatable bonds is 5. The maximum atomic E-state index is 6.51. The first-order valence-corrected chi connectivity index (χ1v) is 19.0. The van der Waals surface area contributed by atoms with E-state index in [1.165, 1.54) is 21.8 Å². The minimum absolute atomic E-state index is 0.565. The second-order valence-corrected chi connectivity index (χ2v) is 14.4. The molecular formula is C51H30N4O2. The SMILES string of the molecule is c1ccc(-c2nc(-c3ccc4c(c3)oc3ccccc34)nc(-c3cccc4oc5ccc(-c6ccc7c(c6)c6ccccc6n7-c6ccccc6)cc5c34)n2)cc1. The fourth-order valence-corrected chi connectivity index (χ4v) is 8.41. The summed E-state index contributed by atoms with van der Waals surface area (Å²) >= 11 is 0. The molecule has 12 aromatic rings. The van der Waals surface area contributed by atoms with E-state index in [0.717, 1.165) is 77.4 Å². The average molecular weight is 731 g/mol. The zero-order valence-electron chi connectivity index (χ0n) is 30.4. The monoisotopic (exact) mass is 730 g/mol. The third-order valence-electron chi connectivity index (χ3n) is 11.1. The van der Waals surface area contributed by atoms with Gasteiger partial charge in [0.25, 0.3) is 0 Å². The predicted molar refractivity (Wildman–Crippen MR) is 230 cm³/mol. The van der Waals surface area contributed by atoms with Crippen LogP contribution >= 0.6 is 0 Å². The lowest BCUT2D eigenvalue weighted by atomic mass is 9.99. The largest absolute Gasteiger partial charge is 0.456 e. The summed E-state index contributed by atoms with van der Waals surface area (Å²) in [5, 5.41) is 6.51. The molecule has 0 aliphatic carbocycles. The zero-order chi connectivity index (χ0) is 37.5. The molecule has 4 aromatic heterocycles. The number of hydrogen-bond acceptors (Lipinski definition) is 5. The van der Waals surface area contributed by atoms with Gasteiger partial charge in [0.05, 0.1) is 11.0 Å². The zero-order valence-corrected chi connectivity index (χ0v) is 30.4. The molecule has 0 N–H and O–H groups in total. The number of para-hydroxylation sites is 3. The van der Waals surface area contributed by atoms with Crippen LogP contribution in [-0.4, -0.2) is 19.5 Å². The molecule has 12 rings (SSSR count). The van der Waals surface area contributed by atoms with E-state index < -0.39 is 0 Å². The molecule has 0 spiro atoms. The topological polar surface area (TPSA) is 69.9 Å². The minimum Gasteiger partial charge on any atom is -0.456 e. The van der Waals surface area contributed by atoms with Gasteiger partial charge in [-0.1, -0.05) is 115 Å². The van der Waals surface area contributed by atoms with Crippen LogP contribution in [0.4, 0.5) is 0 Å². The number of benzene rings is 8. The molecule has 0 aliphatic rings. The van der Waals surface area contributed by atoms with E-state index in [2.05, 4.69) is 120 Å². The van der Waals surface area contributed by atoms with Crippen molar-refractivity contribution < 1.29 is 8.83 Å². The van der Waals surface area contributed by atoms with Crippen molar-refractivity contribution in [1.29, 1.82) is 0 Å². The van der Waals surface area contributed by atoms with Crippen LogP contribution in [0.25, 0.3) is 117 Å². The Bertz CT molecular complexity index is 3530. The van der Waals surface area contributed by atoms with Crippen LogP contribution in [0, 0.1) is 0 Å². The molecule has 0 bridgehead atoms. The first kappa shape index (κ1) is 31.5. The van der Waals surface area contributed by atoms with E-state index in [1.54, 1.807) is 0 Å². The van der Waals surface area contributed by atoms with E-state index >= 15 is 0 Å². The minimum atomic E-state index is 0.565. The molecule has 0 atom stereocenters. The predicted octanol–water partition coefficient (Wildman–Crippen LogP) is 13.4. The molecule has 0 fully saturated rings. The first-order valence-electron chi connectivity index (χ1n) is 19.0. The number of nitrogens with zero attached hydrogens (tertiary/aromatic N) is 4. The summed E-state index contributed by atoms with van der Waals surface area (Å²) in [7, 11) is 0. The Kier molecular flexibility index (Phi) is 6.83. The molecule has 4 heterocycles. The van der Waals surface area contributed by atoms with Gasteiger partial charge in [-0.2, -0.15) is 0 Å². The maximum absolute atomic E-state index is 6.51. The van der Waals surface area contributed by atoms with Crippen LogP contribution in [0.5, 0.6) is 0 Å². The van der Waals surface area contributed by atoms with Gasteiger partial charge in [0.15, 0.2) is 17.5 Å². The number of furan rings is 2. The first-order chi connectivity index (χ1) is 28.2. The summed E-state index contributed by atoms with van der Waals surface area (Å²) < 4.78 is 15.1. The highest BCUT2D eigenvalue weighted by Crippen LogP contribution is 2.40. The molecule has 0 saturated heterocycles. The van der Waals surface area contributed by atoms with Gasteiger partial charge < -0.3 is 13.4 Å². The van der Waals surface area contributed by atoms with E-state index in [-0.39, 0.29) is 0 Å². The van der Waals surface area contributed by atoms with Crippen LogP contribution in [0.2, 0.25) is 0 Å². The number of aromatic nitrogens is 4. The third-order valence-corrected chi connectivity index (χ3v) is 11.1.